The van der Waals surface area contributed by atoms with Crippen LogP contribution in [0.3, 0.4) is 0 Å². The molecule has 0 saturated carbocycles. The Morgan fingerprint density at radius 2 is 2.00 bits per heavy atom. The number of amides is 1. The Morgan fingerprint density at radius 1 is 1.45 bits per heavy atom. The summed E-state index contributed by atoms with van der Waals surface area (Å²) in [5, 5.41) is 3.07. The zero-order valence-corrected chi connectivity index (χ0v) is 12.9. The van der Waals surface area contributed by atoms with Crippen LogP contribution in [0.5, 0.6) is 0 Å². The Bertz CT molecular complexity index is 584. The molecule has 0 unspecified atom stereocenters. The van der Waals surface area contributed by atoms with Gasteiger partial charge in [0.25, 0.3) is 0 Å². The zero-order chi connectivity index (χ0) is 15.3. The molecule has 0 radical (unpaired) electrons. The van der Waals surface area contributed by atoms with Gasteiger partial charge in [-0.15, -0.1) is 6.58 Å². The van der Waals surface area contributed by atoms with Crippen LogP contribution in [0.1, 0.15) is 6.92 Å². The predicted molar refractivity (Wildman–Crippen MR) is 81.4 cm³/mol. The summed E-state index contributed by atoms with van der Waals surface area (Å²) in [6, 6.07) is 5.39. The molecule has 0 aliphatic heterocycles. The molecule has 1 atom stereocenters. The predicted octanol–water partition coefficient (Wildman–Crippen LogP) is 1.80. The monoisotopic (exact) mass is 316 g/mol. The normalized spacial score (nSPS) is 12.6. The fourth-order valence-electron chi connectivity index (χ4n) is 1.72. The van der Waals surface area contributed by atoms with E-state index in [1.165, 1.54) is 13.0 Å². The van der Waals surface area contributed by atoms with E-state index in [-0.39, 0.29) is 6.54 Å². The van der Waals surface area contributed by atoms with E-state index in [0.717, 1.165) is 10.6 Å². The molecule has 1 aromatic rings. The lowest BCUT2D eigenvalue weighted by atomic mass is 10.2. The van der Waals surface area contributed by atoms with E-state index in [9.17, 15) is 13.2 Å². The number of benzene rings is 1. The summed E-state index contributed by atoms with van der Waals surface area (Å²) in [6.45, 7) is 5.29. The summed E-state index contributed by atoms with van der Waals surface area (Å²) in [6.07, 6.45) is 2.58. The number of sulfonamides is 1. The van der Waals surface area contributed by atoms with Gasteiger partial charge in [0.05, 0.1) is 11.9 Å². The zero-order valence-electron chi connectivity index (χ0n) is 11.3. The van der Waals surface area contributed by atoms with E-state index in [0.29, 0.717) is 10.7 Å². The minimum atomic E-state index is -3.60. The van der Waals surface area contributed by atoms with Gasteiger partial charge in [0.15, 0.2) is 0 Å². The lowest BCUT2D eigenvalue weighted by Crippen LogP contribution is -2.47. The van der Waals surface area contributed by atoms with Gasteiger partial charge < -0.3 is 5.32 Å². The number of nitrogens with zero attached hydrogens (tertiary/aromatic N) is 1. The summed E-state index contributed by atoms with van der Waals surface area (Å²) in [7, 11) is -3.60. The van der Waals surface area contributed by atoms with E-state index in [1.54, 1.807) is 24.3 Å². The lowest BCUT2D eigenvalue weighted by molar-refractivity contribution is -0.121. The maximum Gasteiger partial charge on any atom is 0.243 e. The first-order valence-corrected chi connectivity index (χ1v) is 8.13. The number of carbonyl (C=O) groups excluding carboxylic acids is 1. The standard InChI is InChI=1S/C13H17ClN2O3S/c1-4-9-15-13(17)10(2)16(20(3,18)19)12-7-5-11(14)6-8-12/h4-8,10H,1,9H2,2-3H3,(H,15,17)/t10-/m0/s1. The number of carbonyl (C=O) groups is 1. The maximum absolute atomic E-state index is 11.9. The molecule has 0 aromatic heterocycles. The van der Waals surface area contributed by atoms with Crippen LogP contribution in [0.25, 0.3) is 0 Å². The molecule has 0 bridgehead atoms. The number of hydrogen-bond donors (Lipinski definition) is 1. The van der Waals surface area contributed by atoms with E-state index in [1.807, 2.05) is 0 Å². The number of hydrogen-bond acceptors (Lipinski definition) is 3. The van der Waals surface area contributed by atoms with Crippen LogP contribution < -0.4 is 9.62 Å². The fourth-order valence-corrected chi connectivity index (χ4v) is 3.02. The largest absolute Gasteiger partial charge is 0.351 e. The second kappa shape index (κ2) is 6.76. The van der Waals surface area contributed by atoms with Crippen LogP contribution in [0.4, 0.5) is 5.69 Å². The van der Waals surface area contributed by atoms with Gasteiger partial charge in [0.2, 0.25) is 15.9 Å². The SMILES string of the molecule is C=CCNC(=O)[C@H](C)N(c1ccc(Cl)cc1)S(C)(=O)=O. The van der Waals surface area contributed by atoms with Crippen LogP contribution in [0, 0.1) is 0 Å². The highest BCUT2D eigenvalue weighted by molar-refractivity contribution is 7.92. The fraction of sp³-hybridized carbons (Fsp3) is 0.308. The van der Waals surface area contributed by atoms with Gasteiger partial charge in [-0.25, -0.2) is 8.42 Å². The number of rotatable bonds is 6. The summed E-state index contributed by atoms with van der Waals surface area (Å²) in [4.78, 5) is 11.9. The smallest absolute Gasteiger partial charge is 0.243 e. The topological polar surface area (TPSA) is 66.5 Å². The van der Waals surface area contributed by atoms with E-state index < -0.39 is 22.0 Å². The van der Waals surface area contributed by atoms with Crippen LogP contribution in [-0.4, -0.2) is 33.2 Å². The van der Waals surface area contributed by atoms with E-state index in [4.69, 9.17) is 11.6 Å². The summed E-state index contributed by atoms with van der Waals surface area (Å²) >= 11 is 5.78. The molecule has 1 aromatic carbocycles. The van der Waals surface area contributed by atoms with Gasteiger partial charge >= 0.3 is 0 Å². The minimum absolute atomic E-state index is 0.279. The number of halogens is 1. The molecule has 5 nitrogen and oxygen atoms in total. The molecule has 1 rings (SSSR count). The third-order valence-electron chi connectivity index (χ3n) is 2.59. The second-order valence-electron chi connectivity index (χ2n) is 4.25. The molecule has 7 heteroatoms. The van der Waals surface area contributed by atoms with Gasteiger partial charge in [-0.2, -0.15) is 0 Å². The Hall–Kier alpha value is -1.53. The highest BCUT2D eigenvalue weighted by atomic mass is 35.5. The molecule has 0 aliphatic rings. The summed E-state index contributed by atoms with van der Waals surface area (Å²) in [5.41, 5.74) is 0.387. The molecule has 110 valence electrons. The maximum atomic E-state index is 11.9. The van der Waals surface area contributed by atoms with Crippen molar-refractivity contribution >= 4 is 33.2 Å². The van der Waals surface area contributed by atoms with Crippen molar-refractivity contribution < 1.29 is 13.2 Å². The molecular weight excluding hydrogens is 300 g/mol. The third kappa shape index (κ3) is 4.25. The Labute approximate surface area is 124 Å². The van der Waals surface area contributed by atoms with Crippen LogP contribution >= 0.6 is 11.6 Å². The number of anilines is 1. The van der Waals surface area contributed by atoms with Crippen molar-refractivity contribution in [3.63, 3.8) is 0 Å². The van der Waals surface area contributed by atoms with E-state index >= 15 is 0 Å². The Balaban J connectivity index is 3.10. The minimum Gasteiger partial charge on any atom is -0.351 e. The molecule has 0 aliphatic carbocycles. The van der Waals surface area contributed by atoms with Crippen molar-refractivity contribution in [2.75, 3.05) is 17.1 Å². The van der Waals surface area contributed by atoms with Crippen LogP contribution in [0.2, 0.25) is 5.02 Å². The Kier molecular flexibility index (Phi) is 5.59. The molecule has 1 N–H and O–H groups in total. The third-order valence-corrected chi connectivity index (χ3v) is 4.08. The summed E-state index contributed by atoms with van der Waals surface area (Å²) < 4.78 is 24.9. The Morgan fingerprint density at radius 3 is 2.45 bits per heavy atom. The van der Waals surface area contributed by atoms with Crippen molar-refractivity contribution in [3.05, 3.63) is 41.9 Å². The van der Waals surface area contributed by atoms with Gasteiger partial charge in [-0.05, 0) is 31.2 Å². The average molecular weight is 317 g/mol. The average Bonchev–Trinajstić information content (AvgIpc) is 2.36. The molecule has 0 spiro atoms. The van der Waals surface area contributed by atoms with Crippen molar-refractivity contribution in [1.29, 1.82) is 0 Å². The van der Waals surface area contributed by atoms with Crippen LogP contribution in [-0.2, 0) is 14.8 Å². The number of nitrogens with one attached hydrogen (secondary N) is 1. The van der Waals surface area contributed by atoms with Gasteiger partial charge in [0.1, 0.15) is 6.04 Å². The quantitative estimate of drug-likeness (QED) is 0.814. The van der Waals surface area contributed by atoms with Crippen molar-refractivity contribution in [3.8, 4) is 0 Å². The van der Waals surface area contributed by atoms with Gasteiger partial charge in [-0.1, -0.05) is 17.7 Å². The first kappa shape index (κ1) is 16.5. The van der Waals surface area contributed by atoms with Gasteiger partial charge in [-0.3, -0.25) is 9.10 Å². The van der Waals surface area contributed by atoms with Crippen LogP contribution in [0.15, 0.2) is 36.9 Å². The highest BCUT2D eigenvalue weighted by Gasteiger charge is 2.28. The molecule has 1 amide bonds. The molecular formula is C13H17ClN2O3S. The van der Waals surface area contributed by atoms with Crippen molar-refractivity contribution in [2.24, 2.45) is 0 Å². The highest BCUT2D eigenvalue weighted by Crippen LogP contribution is 2.22. The second-order valence-corrected chi connectivity index (χ2v) is 6.54. The molecule has 0 heterocycles. The lowest BCUT2D eigenvalue weighted by Gasteiger charge is -2.28. The summed E-state index contributed by atoms with van der Waals surface area (Å²) in [5.74, 6) is -0.398. The molecule has 0 saturated heterocycles. The van der Waals surface area contributed by atoms with Gasteiger partial charge in [0, 0.05) is 11.6 Å². The molecule has 0 fully saturated rings. The first-order valence-electron chi connectivity index (χ1n) is 5.91. The van der Waals surface area contributed by atoms with Crippen molar-refractivity contribution in [2.45, 2.75) is 13.0 Å². The first-order chi connectivity index (χ1) is 9.27. The van der Waals surface area contributed by atoms with Crippen molar-refractivity contribution in [1.82, 2.24) is 5.32 Å². The molecule has 20 heavy (non-hydrogen) atoms. The van der Waals surface area contributed by atoms with E-state index in [2.05, 4.69) is 11.9 Å².